The van der Waals surface area contributed by atoms with E-state index < -0.39 is 6.10 Å². The van der Waals surface area contributed by atoms with E-state index in [-0.39, 0.29) is 5.88 Å². The van der Waals surface area contributed by atoms with Gasteiger partial charge in [-0.1, -0.05) is 6.07 Å². The minimum atomic E-state index is -0.509. The molecular weight excluding hydrogens is 265 g/mol. The van der Waals surface area contributed by atoms with Crippen molar-refractivity contribution >= 4 is 33.2 Å². The Morgan fingerprint density at radius 2 is 2.29 bits per heavy atom. The van der Waals surface area contributed by atoms with Gasteiger partial charge in [0.25, 0.3) is 0 Å². The van der Waals surface area contributed by atoms with E-state index in [1.165, 1.54) is 5.56 Å². The molecule has 0 aromatic heterocycles. The molecule has 0 saturated carbocycles. The lowest BCUT2D eigenvalue weighted by molar-refractivity contribution is 0.211. The number of aliphatic hydroxyl groups excluding tert-OH is 1. The van der Waals surface area contributed by atoms with Crippen LogP contribution in [0.15, 0.2) is 22.7 Å². The summed E-state index contributed by atoms with van der Waals surface area (Å²) < 4.78 is 0.999. The Kier molecular flexibility index (Phi) is 4.72. The highest BCUT2D eigenvalue weighted by molar-refractivity contribution is 9.10. The molecule has 2 nitrogen and oxygen atoms in total. The molecule has 1 rings (SSSR count). The molecule has 1 aromatic carbocycles. The van der Waals surface area contributed by atoms with Crippen LogP contribution in [0, 0.1) is 6.92 Å². The molecule has 1 atom stereocenters. The maximum atomic E-state index is 9.25. The van der Waals surface area contributed by atoms with Gasteiger partial charge in [-0.15, -0.1) is 11.6 Å². The number of hydrogen-bond acceptors (Lipinski definition) is 2. The standard InChI is InChI=1S/C10H13BrClNO/c1-7-2-3-10(9(11)4-7)13-6-8(14)5-12/h2-4,8,13-14H,5-6H2,1H3. The van der Waals surface area contributed by atoms with E-state index in [9.17, 15) is 5.11 Å². The molecule has 78 valence electrons. The fourth-order valence-electron chi connectivity index (χ4n) is 1.05. The molecule has 0 fully saturated rings. The van der Waals surface area contributed by atoms with Crippen LogP contribution in [0.25, 0.3) is 0 Å². The van der Waals surface area contributed by atoms with Gasteiger partial charge in [-0.25, -0.2) is 0 Å². The van der Waals surface area contributed by atoms with Crippen LogP contribution in [0.5, 0.6) is 0 Å². The van der Waals surface area contributed by atoms with E-state index in [0.717, 1.165) is 10.2 Å². The third-order valence-corrected chi connectivity index (χ3v) is 2.84. The van der Waals surface area contributed by atoms with Crippen LogP contribution in [0.1, 0.15) is 5.56 Å². The lowest BCUT2D eigenvalue weighted by atomic mass is 10.2. The lowest BCUT2D eigenvalue weighted by Crippen LogP contribution is -2.20. The number of rotatable bonds is 4. The van der Waals surface area contributed by atoms with Crippen molar-refractivity contribution in [3.63, 3.8) is 0 Å². The van der Waals surface area contributed by atoms with E-state index in [1.807, 2.05) is 25.1 Å². The molecule has 0 spiro atoms. The molecule has 1 unspecified atom stereocenters. The van der Waals surface area contributed by atoms with E-state index in [4.69, 9.17) is 11.6 Å². The first-order valence-electron chi connectivity index (χ1n) is 4.37. The topological polar surface area (TPSA) is 32.3 Å². The first-order chi connectivity index (χ1) is 6.63. The summed E-state index contributed by atoms with van der Waals surface area (Å²) >= 11 is 8.92. The van der Waals surface area contributed by atoms with Gasteiger partial charge < -0.3 is 10.4 Å². The quantitative estimate of drug-likeness (QED) is 0.830. The van der Waals surface area contributed by atoms with Crippen molar-refractivity contribution < 1.29 is 5.11 Å². The summed E-state index contributed by atoms with van der Waals surface area (Å²) in [7, 11) is 0. The van der Waals surface area contributed by atoms with Crippen LogP contribution in [-0.4, -0.2) is 23.6 Å². The molecule has 0 heterocycles. The Morgan fingerprint density at radius 1 is 1.57 bits per heavy atom. The van der Waals surface area contributed by atoms with Gasteiger partial charge in [0.1, 0.15) is 0 Å². The third-order valence-electron chi connectivity index (χ3n) is 1.83. The average Bonchev–Trinajstić information content (AvgIpc) is 2.16. The number of anilines is 1. The van der Waals surface area contributed by atoms with Crippen molar-refractivity contribution in [3.8, 4) is 0 Å². The highest BCUT2D eigenvalue weighted by Crippen LogP contribution is 2.23. The second-order valence-electron chi connectivity index (χ2n) is 3.17. The maximum absolute atomic E-state index is 9.25. The van der Waals surface area contributed by atoms with Gasteiger partial charge in [-0.2, -0.15) is 0 Å². The maximum Gasteiger partial charge on any atom is 0.0847 e. The Hall–Kier alpha value is -0.250. The van der Waals surface area contributed by atoms with Crippen LogP contribution in [0.4, 0.5) is 5.69 Å². The molecular formula is C10H13BrClNO. The predicted octanol–water partition coefficient (Wildman–Crippen LogP) is 2.77. The van der Waals surface area contributed by atoms with Gasteiger partial charge >= 0.3 is 0 Å². The predicted molar refractivity (Wildman–Crippen MR) is 64.1 cm³/mol. The van der Waals surface area contributed by atoms with Gasteiger partial charge in [0.15, 0.2) is 0 Å². The Morgan fingerprint density at radius 3 is 2.86 bits per heavy atom. The van der Waals surface area contributed by atoms with E-state index in [0.29, 0.717) is 6.54 Å². The molecule has 1 aromatic rings. The summed E-state index contributed by atoms with van der Waals surface area (Å²) in [5.41, 5.74) is 2.17. The van der Waals surface area contributed by atoms with Crippen LogP contribution < -0.4 is 5.32 Å². The van der Waals surface area contributed by atoms with Crippen molar-refractivity contribution in [3.05, 3.63) is 28.2 Å². The molecule has 0 bridgehead atoms. The first kappa shape index (κ1) is 11.8. The van der Waals surface area contributed by atoms with Crippen LogP contribution in [0.3, 0.4) is 0 Å². The number of aliphatic hydroxyl groups is 1. The zero-order valence-electron chi connectivity index (χ0n) is 7.93. The normalized spacial score (nSPS) is 12.6. The van der Waals surface area contributed by atoms with Gasteiger partial charge in [0.05, 0.1) is 12.0 Å². The molecule has 0 saturated heterocycles. The van der Waals surface area contributed by atoms with Crippen LogP contribution in [0.2, 0.25) is 0 Å². The summed E-state index contributed by atoms with van der Waals surface area (Å²) in [6, 6.07) is 6.01. The molecule has 14 heavy (non-hydrogen) atoms. The van der Waals surface area contributed by atoms with Crippen LogP contribution in [-0.2, 0) is 0 Å². The highest BCUT2D eigenvalue weighted by atomic mass is 79.9. The van der Waals surface area contributed by atoms with Gasteiger partial charge in [-0.05, 0) is 40.5 Å². The Bertz CT molecular complexity index is 306. The van der Waals surface area contributed by atoms with Gasteiger partial charge in [0, 0.05) is 16.7 Å². The van der Waals surface area contributed by atoms with Crippen molar-refractivity contribution in [2.45, 2.75) is 13.0 Å². The average molecular weight is 279 g/mol. The molecule has 0 radical (unpaired) electrons. The SMILES string of the molecule is Cc1ccc(NCC(O)CCl)c(Br)c1. The summed E-state index contributed by atoms with van der Waals surface area (Å²) in [6.45, 7) is 2.49. The van der Waals surface area contributed by atoms with E-state index >= 15 is 0 Å². The molecule has 4 heteroatoms. The van der Waals surface area contributed by atoms with Crippen molar-refractivity contribution in [1.29, 1.82) is 0 Å². The number of alkyl halides is 1. The smallest absolute Gasteiger partial charge is 0.0847 e. The van der Waals surface area contributed by atoms with E-state index in [1.54, 1.807) is 0 Å². The summed E-state index contributed by atoms with van der Waals surface area (Å²) in [4.78, 5) is 0. The second-order valence-corrected chi connectivity index (χ2v) is 4.34. The third kappa shape index (κ3) is 3.48. The fraction of sp³-hybridized carbons (Fsp3) is 0.400. The summed E-state index contributed by atoms with van der Waals surface area (Å²) in [5, 5.41) is 12.4. The largest absolute Gasteiger partial charge is 0.390 e. The first-order valence-corrected chi connectivity index (χ1v) is 5.70. The molecule has 0 aliphatic carbocycles. The number of halogens is 2. The monoisotopic (exact) mass is 277 g/mol. The van der Waals surface area contributed by atoms with Crippen LogP contribution >= 0.6 is 27.5 Å². The minimum Gasteiger partial charge on any atom is -0.390 e. The zero-order chi connectivity index (χ0) is 10.6. The second kappa shape index (κ2) is 5.59. The fourth-order valence-corrected chi connectivity index (χ4v) is 1.79. The molecule has 2 N–H and O–H groups in total. The molecule has 0 aliphatic rings. The van der Waals surface area contributed by atoms with Gasteiger partial charge in [-0.3, -0.25) is 0 Å². The van der Waals surface area contributed by atoms with Crippen molar-refractivity contribution in [1.82, 2.24) is 0 Å². The van der Waals surface area contributed by atoms with Crippen molar-refractivity contribution in [2.75, 3.05) is 17.7 Å². The number of hydrogen-bond donors (Lipinski definition) is 2. The highest BCUT2D eigenvalue weighted by Gasteiger charge is 2.03. The van der Waals surface area contributed by atoms with E-state index in [2.05, 4.69) is 21.2 Å². The molecule has 0 amide bonds. The number of nitrogens with one attached hydrogen (secondary N) is 1. The lowest BCUT2D eigenvalue weighted by Gasteiger charge is -2.11. The Balaban J connectivity index is 2.59. The van der Waals surface area contributed by atoms with Crippen molar-refractivity contribution in [2.24, 2.45) is 0 Å². The minimum absolute atomic E-state index is 0.247. The zero-order valence-corrected chi connectivity index (χ0v) is 10.3. The number of aryl methyl sites for hydroxylation is 1. The number of benzene rings is 1. The van der Waals surface area contributed by atoms with Gasteiger partial charge in [0.2, 0.25) is 0 Å². The summed E-state index contributed by atoms with van der Waals surface area (Å²) in [5.74, 6) is 0.247. The Labute approximate surface area is 97.4 Å². The molecule has 0 aliphatic heterocycles. The summed E-state index contributed by atoms with van der Waals surface area (Å²) in [6.07, 6.45) is -0.509.